The van der Waals surface area contributed by atoms with Gasteiger partial charge in [-0.25, -0.2) is 4.98 Å². The molecule has 0 bridgehead atoms. The Hall–Kier alpha value is -2.36. The van der Waals surface area contributed by atoms with Crippen LogP contribution in [0.2, 0.25) is 5.02 Å². The zero-order valence-corrected chi connectivity index (χ0v) is 19.8. The van der Waals surface area contributed by atoms with Crippen molar-refractivity contribution < 1.29 is 14.3 Å². The molecule has 3 heterocycles. The lowest BCUT2D eigenvalue weighted by molar-refractivity contribution is -0.151. The minimum atomic E-state index is -0.187. The summed E-state index contributed by atoms with van der Waals surface area (Å²) in [5, 5.41) is 2.78. The summed E-state index contributed by atoms with van der Waals surface area (Å²) >= 11 is 8.71. The molecule has 1 aromatic carbocycles. The van der Waals surface area contributed by atoms with Gasteiger partial charge < -0.3 is 9.64 Å². The van der Waals surface area contributed by atoms with Crippen molar-refractivity contribution >= 4 is 56.8 Å². The normalized spacial score (nSPS) is 14.6. The van der Waals surface area contributed by atoms with Gasteiger partial charge in [-0.2, -0.15) is 0 Å². The van der Waals surface area contributed by atoms with Gasteiger partial charge in [0.05, 0.1) is 29.5 Å². The molecule has 4 rings (SSSR count). The number of thiophene rings is 1. The minimum absolute atomic E-state index is 0.0467. The molecule has 0 radical (unpaired) electrons. The number of rotatable bonds is 6. The number of hydrogen-bond acceptors (Lipinski definition) is 7. The molecule has 1 aliphatic rings. The Bertz CT molecular complexity index is 1200. The van der Waals surface area contributed by atoms with Crippen LogP contribution in [0.4, 0.5) is 0 Å². The number of thioether (sulfide) groups is 1. The molecule has 0 unspecified atom stereocenters. The number of carbonyl (C=O) groups is 2. The Morgan fingerprint density at radius 3 is 2.78 bits per heavy atom. The third kappa shape index (κ3) is 4.84. The van der Waals surface area contributed by atoms with E-state index in [9.17, 15) is 14.4 Å². The Morgan fingerprint density at radius 1 is 1.28 bits per heavy atom. The number of likely N-dealkylation sites (tertiary alicyclic amines) is 1. The highest BCUT2D eigenvalue weighted by Gasteiger charge is 2.28. The monoisotopic (exact) mass is 491 g/mol. The molecule has 0 N–H and O–H groups in total. The van der Waals surface area contributed by atoms with Gasteiger partial charge in [0.25, 0.3) is 5.56 Å². The minimum Gasteiger partial charge on any atom is -0.466 e. The van der Waals surface area contributed by atoms with E-state index < -0.39 is 0 Å². The maximum atomic E-state index is 13.2. The summed E-state index contributed by atoms with van der Waals surface area (Å²) < 4.78 is 7.16. The first-order valence-corrected chi connectivity index (χ1v) is 12.6. The van der Waals surface area contributed by atoms with E-state index in [1.807, 2.05) is 5.38 Å². The van der Waals surface area contributed by atoms with Crippen LogP contribution in [0.15, 0.2) is 45.7 Å². The zero-order chi connectivity index (χ0) is 22.7. The highest BCUT2D eigenvalue weighted by molar-refractivity contribution is 7.99. The first-order chi connectivity index (χ1) is 15.5. The number of carbonyl (C=O) groups excluding carboxylic acids is 2. The van der Waals surface area contributed by atoms with Gasteiger partial charge in [0.1, 0.15) is 4.70 Å². The van der Waals surface area contributed by atoms with Crippen LogP contribution in [0.5, 0.6) is 0 Å². The fraction of sp³-hybridized carbons (Fsp3) is 0.364. The van der Waals surface area contributed by atoms with E-state index in [4.69, 9.17) is 16.3 Å². The predicted molar refractivity (Wildman–Crippen MR) is 127 cm³/mol. The molecular weight excluding hydrogens is 470 g/mol. The van der Waals surface area contributed by atoms with Gasteiger partial charge in [0, 0.05) is 18.1 Å². The lowest BCUT2D eigenvalue weighted by Gasteiger charge is -2.30. The quantitative estimate of drug-likeness (QED) is 0.294. The second kappa shape index (κ2) is 10.1. The SMILES string of the molecule is CCOC(=O)C1CCN(C(=O)CSc2nc3ccsc3c(=O)n2-c2cccc(Cl)c2)CC1. The van der Waals surface area contributed by atoms with Crippen LogP contribution < -0.4 is 5.56 Å². The maximum Gasteiger partial charge on any atom is 0.309 e. The van der Waals surface area contributed by atoms with E-state index in [0.29, 0.717) is 58.6 Å². The van der Waals surface area contributed by atoms with Crippen LogP contribution in [0.1, 0.15) is 19.8 Å². The van der Waals surface area contributed by atoms with Gasteiger partial charge in [-0.05, 0) is 49.4 Å². The van der Waals surface area contributed by atoms with Gasteiger partial charge in [-0.1, -0.05) is 29.4 Å². The van der Waals surface area contributed by atoms with E-state index in [-0.39, 0.29) is 29.1 Å². The number of piperidine rings is 1. The van der Waals surface area contributed by atoms with Crippen molar-refractivity contribution in [3.05, 3.63) is 51.1 Å². The first-order valence-electron chi connectivity index (χ1n) is 10.3. The van der Waals surface area contributed by atoms with Crippen molar-refractivity contribution in [3.8, 4) is 5.69 Å². The number of nitrogens with zero attached hydrogens (tertiary/aromatic N) is 3. The van der Waals surface area contributed by atoms with Crippen LogP contribution >= 0.6 is 34.7 Å². The number of amides is 1. The lowest BCUT2D eigenvalue weighted by Crippen LogP contribution is -2.41. The highest BCUT2D eigenvalue weighted by atomic mass is 35.5. The largest absolute Gasteiger partial charge is 0.466 e. The van der Waals surface area contributed by atoms with E-state index in [0.717, 1.165) is 0 Å². The van der Waals surface area contributed by atoms with Gasteiger partial charge in [-0.15, -0.1) is 11.3 Å². The molecule has 168 valence electrons. The van der Waals surface area contributed by atoms with Crippen molar-refractivity contribution in [1.29, 1.82) is 0 Å². The Balaban J connectivity index is 1.51. The molecule has 1 amide bonds. The summed E-state index contributed by atoms with van der Waals surface area (Å²) in [5.41, 5.74) is 1.04. The number of esters is 1. The molecule has 0 aliphatic carbocycles. The molecule has 7 nitrogen and oxygen atoms in total. The summed E-state index contributed by atoms with van der Waals surface area (Å²) in [6.07, 6.45) is 1.20. The topological polar surface area (TPSA) is 81.5 Å². The number of ether oxygens (including phenoxy) is 1. The molecule has 0 saturated carbocycles. The highest BCUT2D eigenvalue weighted by Crippen LogP contribution is 2.26. The molecule has 1 aliphatic heterocycles. The van der Waals surface area contributed by atoms with Crippen molar-refractivity contribution in [1.82, 2.24) is 14.5 Å². The fourth-order valence-corrected chi connectivity index (χ4v) is 5.53. The van der Waals surface area contributed by atoms with Crippen molar-refractivity contribution in [2.75, 3.05) is 25.4 Å². The van der Waals surface area contributed by atoms with Gasteiger partial charge in [-0.3, -0.25) is 19.0 Å². The van der Waals surface area contributed by atoms with E-state index in [1.165, 1.54) is 27.7 Å². The Morgan fingerprint density at radius 2 is 2.06 bits per heavy atom. The number of hydrogen-bond donors (Lipinski definition) is 0. The number of benzene rings is 1. The van der Waals surface area contributed by atoms with Crippen LogP contribution in [0, 0.1) is 5.92 Å². The molecule has 1 fully saturated rings. The summed E-state index contributed by atoms with van der Waals surface area (Å²) in [6, 6.07) is 8.81. The molecule has 32 heavy (non-hydrogen) atoms. The second-order valence-electron chi connectivity index (χ2n) is 7.35. The van der Waals surface area contributed by atoms with Crippen LogP contribution in [0.3, 0.4) is 0 Å². The third-order valence-electron chi connectivity index (χ3n) is 5.31. The molecule has 1 saturated heterocycles. The lowest BCUT2D eigenvalue weighted by atomic mass is 9.97. The smallest absolute Gasteiger partial charge is 0.309 e. The van der Waals surface area contributed by atoms with Crippen molar-refractivity contribution in [2.24, 2.45) is 5.92 Å². The number of fused-ring (bicyclic) bond motifs is 1. The van der Waals surface area contributed by atoms with Crippen molar-refractivity contribution in [2.45, 2.75) is 24.9 Å². The molecule has 2 aromatic heterocycles. The summed E-state index contributed by atoms with van der Waals surface area (Å²) in [4.78, 5) is 44.3. The summed E-state index contributed by atoms with van der Waals surface area (Å²) in [6.45, 7) is 3.19. The fourth-order valence-electron chi connectivity index (χ4n) is 3.67. The zero-order valence-electron chi connectivity index (χ0n) is 17.5. The number of halogens is 1. The first kappa shape index (κ1) is 22.8. The summed E-state index contributed by atoms with van der Waals surface area (Å²) in [5.74, 6) is -0.239. The van der Waals surface area contributed by atoms with E-state index in [1.54, 1.807) is 42.2 Å². The number of aromatic nitrogens is 2. The van der Waals surface area contributed by atoms with E-state index in [2.05, 4.69) is 4.98 Å². The van der Waals surface area contributed by atoms with Crippen LogP contribution in [-0.4, -0.2) is 51.8 Å². The third-order valence-corrected chi connectivity index (χ3v) is 7.36. The Labute approximate surface area is 198 Å². The van der Waals surface area contributed by atoms with E-state index >= 15 is 0 Å². The molecular formula is C22H22ClN3O4S2. The molecule has 10 heteroatoms. The van der Waals surface area contributed by atoms with Gasteiger partial charge in [0.2, 0.25) is 5.91 Å². The van der Waals surface area contributed by atoms with Crippen molar-refractivity contribution in [3.63, 3.8) is 0 Å². The Kier molecular flexibility index (Phi) is 7.17. The standard InChI is InChI=1S/C22H22ClN3O4S2/c1-2-30-21(29)14-6-9-25(10-7-14)18(27)13-32-22-24-17-8-11-31-19(17)20(28)26(22)16-5-3-4-15(23)12-16/h3-5,8,11-12,14H,2,6-7,9-10,13H2,1H3. The average molecular weight is 492 g/mol. The maximum absolute atomic E-state index is 13.2. The average Bonchev–Trinajstić information content (AvgIpc) is 3.27. The molecule has 0 atom stereocenters. The second-order valence-corrected chi connectivity index (χ2v) is 9.64. The van der Waals surface area contributed by atoms with Gasteiger partial charge in [0.15, 0.2) is 5.16 Å². The van der Waals surface area contributed by atoms with Crippen LogP contribution in [-0.2, 0) is 14.3 Å². The summed E-state index contributed by atoms with van der Waals surface area (Å²) in [7, 11) is 0. The predicted octanol–water partition coefficient (Wildman–Crippen LogP) is 3.99. The van der Waals surface area contributed by atoms with Gasteiger partial charge >= 0.3 is 5.97 Å². The van der Waals surface area contributed by atoms with Crippen LogP contribution in [0.25, 0.3) is 15.9 Å². The molecule has 0 spiro atoms. The molecule has 3 aromatic rings.